The highest BCUT2D eigenvalue weighted by Crippen LogP contribution is 2.25. The number of nitro groups is 1. The third kappa shape index (κ3) is 4.00. The van der Waals surface area contributed by atoms with Gasteiger partial charge in [0.1, 0.15) is 16.6 Å². The summed E-state index contributed by atoms with van der Waals surface area (Å²) >= 11 is 5.68. The van der Waals surface area contributed by atoms with Gasteiger partial charge in [-0.2, -0.15) is 0 Å². The molecule has 0 bridgehead atoms. The Morgan fingerprint density at radius 3 is 2.52 bits per heavy atom. The molecule has 2 aromatic carbocycles. The van der Waals surface area contributed by atoms with E-state index in [2.05, 4.69) is 0 Å². The van der Waals surface area contributed by atoms with Crippen molar-refractivity contribution in [2.24, 2.45) is 0 Å². The molecule has 0 atom stereocenters. The highest BCUT2D eigenvalue weighted by Gasteiger charge is 2.15. The summed E-state index contributed by atoms with van der Waals surface area (Å²) in [6, 6.07) is 9.02. The third-order valence-electron chi connectivity index (χ3n) is 2.60. The van der Waals surface area contributed by atoms with E-state index in [9.17, 15) is 19.3 Å². The first-order chi connectivity index (χ1) is 9.95. The van der Waals surface area contributed by atoms with Crippen LogP contribution < -0.4 is 4.74 Å². The molecule has 2 rings (SSSR count). The van der Waals surface area contributed by atoms with E-state index in [1.165, 1.54) is 30.3 Å². The maximum absolute atomic E-state index is 12.7. The second-order valence-corrected chi connectivity index (χ2v) is 4.55. The van der Waals surface area contributed by atoms with Crippen LogP contribution in [0.1, 0.15) is 5.56 Å². The summed E-state index contributed by atoms with van der Waals surface area (Å²) in [6.07, 6.45) is -0.157. The smallest absolute Gasteiger partial charge is 0.315 e. The molecule has 0 saturated carbocycles. The van der Waals surface area contributed by atoms with Crippen molar-refractivity contribution in [3.05, 3.63) is 69.0 Å². The molecular weight excluding hydrogens is 301 g/mol. The van der Waals surface area contributed by atoms with Gasteiger partial charge < -0.3 is 4.74 Å². The van der Waals surface area contributed by atoms with Crippen LogP contribution in [0, 0.1) is 15.9 Å². The quantitative estimate of drug-likeness (QED) is 0.375. The fourth-order valence-electron chi connectivity index (χ4n) is 1.64. The molecule has 0 saturated heterocycles. The molecule has 0 aliphatic heterocycles. The molecule has 5 nitrogen and oxygen atoms in total. The van der Waals surface area contributed by atoms with E-state index in [0.717, 1.165) is 12.1 Å². The zero-order chi connectivity index (χ0) is 15.4. The largest absolute Gasteiger partial charge is 0.426 e. The van der Waals surface area contributed by atoms with Crippen LogP contribution in [0.25, 0.3) is 0 Å². The molecule has 7 heteroatoms. The zero-order valence-corrected chi connectivity index (χ0v) is 11.3. The lowest BCUT2D eigenvalue weighted by atomic mass is 10.1. The molecule has 0 aliphatic carbocycles. The summed E-state index contributed by atoms with van der Waals surface area (Å²) in [6.45, 7) is 0. The summed E-state index contributed by atoms with van der Waals surface area (Å²) in [5.74, 6) is -0.855. The number of nitro benzene ring substituents is 1. The molecule has 0 aliphatic rings. The molecule has 0 spiro atoms. The summed E-state index contributed by atoms with van der Waals surface area (Å²) in [5.41, 5.74) is 0.127. The molecule has 0 amide bonds. The lowest BCUT2D eigenvalue weighted by Gasteiger charge is -2.05. The van der Waals surface area contributed by atoms with E-state index in [1.54, 1.807) is 0 Å². The van der Waals surface area contributed by atoms with Gasteiger partial charge in [-0.1, -0.05) is 17.7 Å². The van der Waals surface area contributed by atoms with Gasteiger partial charge in [-0.3, -0.25) is 14.9 Å². The standard InChI is InChI=1S/C14H9ClFNO4/c15-12-6-1-9(7-13(12)17(19)20)8-14(18)21-11-4-2-10(16)3-5-11/h1-7H,8H2. The number of carbonyl (C=O) groups is 1. The number of nitrogens with zero attached hydrogens (tertiary/aromatic N) is 1. The first kappa shape index (κ1) is 14.9. The van der Waals surface area contributed by atoms with Crippen LogP contribution in [0.2, 0.25) is 5.02 Å². The molecule has 0 unspecified atom stereocenters. The van der Waals surface area contributed by atoms with Crippen molar-refractivity contribution < 1.29 is 18.8 Å². The van der Waals surface area contributed by atoms with Crippen LogP contribution in [-0.2, 0) is 11.2 Å². The van der Waals surface area contributed by atoms with E-state index in [4.69, 9.17) is 16.3 Å². The summed E-state index contributed by atoms with van der Waals surface area (Å²) in [5, 5.41) is 10.7. The van der Waals surface area contributed by atoms with E-state index < -0.39 is 16.7 Å². The van der Waals surface area contributed by atoms with Crippen molar-refractivity contribution >= 4 is 23.3 Å². The Balaban J connectivity index is 2.07. The van der Waals surface area contributed by atoms with Crippen LogP contribution in [0.5, 0.6) is 5.75 Å². The van der Waals surface area contributed by atoms with Gasteiger partial charge in [-0.15, -0.1) is 0 Å². The monoisotopic (exact) mass is 309 g/mol. The number of rotatable bonds is 4. The molecule has 0 N–H and O–H groups in total. The minimum atomic E-state index is -0.628. The van der Waals surface area contributed by atoms with Gasteiger partial charge in [0.25, 0.3) is 5.69 Å². The van der Waals surface area contributed by atoms with Gasteiger partial charge in [0, 0.05) is 6.07 Å². The van der Waals surface area contributed by atoms with Crippen LogP contribution in [-0.4, -0.2) is 10.9 Å². The van der Waals surface area contributed by atoms with Crippen molar-refractivity contribution in [2.45, 2.75) is 6.42 Å². The predicted molar refractivity (Wildman–Crippen MR) is 73.8 cm³/mol. The third-order valence-corrected chi connectivity index (χ3v) is 2.92. The molecular formula is C14H9ClFNO4. The second-order valence-electron chi connectivity index (χ2n) is 4.15. The van der Waals surface area contributed by atoms with E-state index in [0.29, 0.717) is 5.56 Å². The Morgan fingerprint density at radius 2 is 1.90 bits per heavy atom. The molecule has 2 aromatic rings. The first-order valence-electron chi connectivity index (χ1n) is 5.85. The SMILES string of the molecule is O=C(Cc1ccc(Cl)c([N+](=O)[O-])c1)Oc1ccc(F)cc1. The highest BCUT2D eigenvalue weighted by molar-refractivity contribution is 6.32. The number of benzene rings is 2. The Kier molecular flexibility index (Phi) is 4.49. The van der Waals surface area contributed by atoms with Crippen LogP contribution in [0.4, 0.5) is 10.1 Å². The van der Waals surface area contributed by atoms with E-state index in [-0.39, 0.29) is 22.9 Å². The maximum atomic E-state index is 12.7. The number of halogens is 2. The Morgan fingerprint density at radius 1 is 1.24 bits per heavy atom. The van der Waals surface area contributed by atoms with E-state index in [1.807, 2.05) is 0 Å². The number of carbonyl (C=O) groups excluding carboxylic acids is 1. The minimum Gasteiger partial charge on any atom is -0.426 e. The van der Waals surface area contributed by atoms with Gasteiger partial charge in [0.2, 0.25) is 0 Å². The number of hydrogen-bond acceptors (Lipinski definition) is 4. The molecule has 0 radical (unpaired) electrons. The maximum Gasteiger partial charge on any atom is 0.315 e. The molecule has 0 heterocycles. The van der Waals surface area contributed by atoms with Crippen molar-refractivity contribution in [1.29, 1.82) is 0 Å². The summed E-state index contributed by atoms with van der Waals surface area (Å²) in [7, 11) is 0. The molecule has 0 aromatic heterocycles. The van der Waals surface area contributed by atoms with Gasteiger partial charge in [-0.25, -0.2) is 4.39 Å². The number of ether oxygens (including phenoxy) is 1. The van der Waals surface area contributed by atoms with E-state index >= 15 is 0 Å². The number of hydrogen-bond donors (Lipinski definition) is 0. The zero-order valence-electron chi connectivity index (χ0n) is 10.6. The average Bonchev–Trinajstić information content (AvgIpc) is 2.43. The van der Waals surface area contributed by atoms with Gasteiger partial charge in [-0.05, 0) is 35.9 Å². The van der Waals surface area contributed by atoms with Crippen LogP contribution in [0.3, 0.4) is 0 Å². The average molecular weight is 310 g/mol. The normalized spacial score (nSPS) is 10.2. The first-order valence-corrected chi connectivity index (χ1v) is 6.22. The fourth-order valence-corrected chi connectivity index (χ4v) is 1.83. The lowest BCUT2D eigenvalue weighted by Crippen LogP contribution is -2.11. The fraction of sp³-hybridized carbons (Fsp3) is 0.0714. The Hall–Kier alpha value is -2.47. The molecule has 0 fully saturated rings. The summed E-state index contributed by atoms with van der Waals surface area (Å²) < 4.78 is 17.7. The van der Waals surface area contributed by atoms with Crippen LogP contribution in [0.15, 0.2) is 42.5 Å². The minimum absolute atomic E-state index is 0.00403. The molecule has 108 valence electrons. The highest BCUT2D eigenvalue weighted by atomic mass is 35.5. The topological polar surface area (TPSA) is 69.4 Å². The second kappa shape index (κ2) is 6.32. The molecule has 21 heavy (non-hydrogen) atoms. The van der Waals surface area contributed by atoms with Crippen molar-refractivity contribution in [3.8, 4) is 5.75 Å². The van der Waals surface area contributed by atoms with Gasteiger partial charge in [0.05, 0.1) is 11.3 Å². The summed E-state index contributed by atoms with van der Waals surface area (Å²) in [4.78, 5) is 21.8. The Bertz CT molecular complexity index is 688. The van der Waals surface area contributed by atoms with Gasteiger partial charge >= 0.3 is 5.97 Å². The van der Waals surface area contributed by atoms with Crippen molar-refractivity contribution in [3.63, 3.8) is 0 Å². The van der Waals surface area contributed by atoms with Crippen LogP contribution >= 0.6 is 11.6 Å². The van der Waals surface area contributed by atoms with Gasteiger partial charge in [0.15, 0.2) is 0 Å². The lowest BCUT2D eigenvalue weighted by molar-refractivity contribution is -0.384. The number of esters is 1. The Labute approximate surface area is 124 Å². The van der Waals surface area contributed by atoms with Crippen molar-refractivity contribution in [2.75, 3.05) is 0 Å². The van der Waals surface area contributed by atoms with Crippen molar-refractivity contribution in [1.82, 2.24) is 0 Å². The predicted octanol–water partition coefficient (Wildman–Crippen LogP) is 3.54.